The SMILES string of the molecule is Cc1c(-c2cc([Si](C)(C)C)cc[n+]2C)ccc2ccccc12. The number of fused-ring (bicyclic) bond motifs is 1. The number of aromatic nitrogens is 1. The van der Waals surface area contributed by atoms with Crippen LogP contribution in [0.3, 0.4) is 0 Å². The highest BCUT2D eigenvalue weighted by Crippen LogP contribution is 2.27. The van der Waals surface area contributed by atoms with Crippen molar-refractivity contribution in [2.45, 2.75) is 26.6 Å². The predicted octanol–water partition coefficient (Wildman–Crippen LogP) is 4.18. The number of nitrogens with zero attached hydrogens (tertiary/aromatic N) is 1. The molecular weight excluding hydrogens is 282 g/mol. The monoisotopic (exact) mass is 306 g/mol. The Balaban J connectivity index is 2.25. The topological polar surface area (TPSA) is 3.88 Å². The highest BCUT2D eigenvalue weighted by molar-refractivity contribution is 6.88. The van der Waals surface area contributed by atoms with Crippen molar-refractivity contribution in [1.82, 2.24) is 0 Å². The van der Waals surface area contributed by atoms with Crippen molar-refractivity contribution in [3.05, 3.63) is 60.3 Å². The molecule has 0 saturated heterocycles. The number of hydrogen-bond donors (Lipinski definition) is 0. The van der Waals surface area contributed by atoms with Crippen LogP contribution in [-0.2, 0) is 7.05 Å². The van der Waals surface area contributed by atoms with E-state index in [1.165, 1.54) is 32.8 Å². The first kappa shape index (κ1) is 15.0. The van der Waals surface area contributed by atoms with Gasteiger partial charge in [-0.2, -0.15) is 0 Å². The molecule has 22 heavy (non-hydrogen) atoms. The maximum atomic E-state index is 2.40. The summed E-state index contributed by atoms with van der Waals surface area (Å²) in [5.41, 5.74) is 4.01. The van der Waals surface area contributed by atoms with Gasteiger partial charge in [0.05, 0.1) is 8.07 Å². The Morgan fingerprint density at radius 1 is 0.909 bits per heavy atom. The second kappa shape index (κ2) is 5.36. The molecule has 0 unspecified atom stereocenters. The molecule has 3 rings (SSSR count). The van der Waals surface area contributed by atoms with Gasteiger partial charge in [0.1, 0.15) is 7.05 Å². The van der Waals surface area contributed by atoms with Crippen LogP contribution in [0.5, 0.6) is 0 Å². The van der Waals surface area contributed by atoms with Crippen LogP contribution in [0.4, 0.5) is 0 Å². The smallest absolute Gasteiger partial charge is 0.201 e. The number of pyridine rings is 1. The summed E-state index contributed by atoms with van der Waals surface area (Å²) in [5.74, 6) is 0. The van der Waals surface area contributed by atoms with Gasteiger partial charge in [0, 0.05) is 17.7 Å². The van der Waals surface area contributed by atoms with Gasteiger partial charge in [0.15, 0.2) is 6.20 Å². The Morgan fingerprint density at radius 2 is 1.64 bits per heavy atom. The molecule has 2 heteroatoms. The van der Waals surface area contributed by atoms with Crippen molar-refractivity contribution in [2.24, 2.45) is 7.05 Å². The Kier molecular flexibility index (Phi) is 3.65. The van der Waals surface area contributed by atoms with Crippen molar-refractivity contribution < 1.29 is 4.57 Å². The maximum absolute atomic E-state index is 2.40. The molecule has 1 heterocycles. The first-order valence-electron chi connectivity index (χ1n) is 7.87. The van der Waals surface area contributed by atoms with Crippen molar-refractivity contribution in [2.75, 3.05) is 0 Å². The zero-order chi connectivity index (χ0) is 15.9. The molecule has 1 nitrogen and oxygen atoms in total. The molecule has 0 spiro atoms. The van der Waals surface area contributed by atoms with Crippen LogP contribution in [-0.4, -0.2) is 8.07 Å². The Hall–Kier alpha value is -1.93. The third-order valence-electron chi connectivity index (χ3n) is 4.49. The van der Waals surface area contributed by atoms with E-state index >= 15 is 0 Å². The van der Waals surface area contributed by atoms with Gasteiger partial charge in [-0.1, -0.05) is 50.0 Å². The normalized spacial score (nSPS) is 11.9. The van der Waals surface area contributed by atoms with E-state index in [-0.39, 0.29) is 0 Å². The quantitative estimate of drug-likeness (QED) is 0.494. The molecule has 0 N–H and O–H groups in total. The fourth-order valence-electron chi connectivity index (χ4n) is 3.01. The lowest BCUT2D eigenvalue weighted by Gasteiger charge is -2.17. The number of rotatable bonds is 2. The van der Waals surface area contributed by atoms with Crippen LogP contribution < -0.4 is 9.75 Å². The minimum atomic E-state index is -1.30. The summed E-state index contributed by atoms with van der Waals surface area (Å²) in [6.07, 6.45) is 2.21. The third-order valence-corrected chi connectivity index (χ3v) is 6.53. The lowest BCUT2D eigenvalue weighted by Crippen LogP contribution is -2.42. The van der Waals surface area contributed by atoms with Gasteiger partial charge in [-0.25, -0.2) is 4.57 Å². The minimum absolute atomic E-state index is 1.30. The van der Waals surface area contributed by atoms with Crippen molar-refractivity contribution in [1.29, 1.82) is 0 Å². The van der Waals surface area contributed by atoms with Crippen molar-refractivity contribution >= 4 is 24.0 Å². The van der Waals surface area contributed by atoms with Gasteiger partial charge >= 0.3 is 0 Å². The van der Waals surface area contributed by atoms with Crippen LogP contribution in [0.25, 0.3) is 22.0 Å². The first-order chi connectivity index (χ1) is 10.4. The van der Waals surface area contributed by atoms with E-state index in [2.05, 4.69) is 92.9 Å². The van der Waals surface area contributed by atoms with Crippen molar-refractivity contribution in [3.63, 3.8) is 0 Å². The Bertz CT molecular complexity index is 844. The van der Waals surface area contributed by atoms with Gasteiger partial charge in [-0.15, -0.1) is 0 Å². The lowest BCUT2D eigenvalue weighted by atomic mass is 9.98. The van der Waals surface area contributed by atoms with Gasteiger partial charge in [0.2, 0.25) is 5.69 Å². The highest BCUT2D eigenvalue weighted by Gasteiger charge is 2.21. The molecule has 0 aliphatic rings. The first-order valence-corrected chi connectivity index (χ1v) is 11.4. The van der Waals surface area contributed by atoms with E-state index in [0.717, 1.165) is 0 Å². The van der Waals surface area contributed by atoms with Crippen LogP contribution >= 0.6 is 0 Å². The largest absolute Gasteiger partial charge is 0.212 e. The maximum Gasteiger partial charge on any atom is 0.212 e. The second-order valence-corrected chi connectivity index (χ2v) is 12.2. The molecule has 0 aliphatic carbocycles. The summed E-state index contributed by atoms with van der Waals surface area (Å²) < 4.78 is 2.24. The second-order valence-electron chi connectivity index (χ2n) is 7.12. The molecule has 112 valence electrons. The fourth-order valence-corrected chi connectivity index (χ4v) is 4.15. The fraction of sp³-hybridized carbons (Fsp3) is 0.250. The lowest BCUT2D eigenvalue weighted by molar-refractivity contribution is -0.660. The minimum Gasteiger partial charge on any atom is -0.201 e. The highest BCUT2D eigenvalue weighted by atomic mass is 28.3. The summed E-state index contributed by atoms with van der Waals surface area (Å²) >= 11 is 0. The molecule has 1 aromatic heterocycles. The molecule has 0 aliphatic heterocycles. The van der Waals surface area contributed by atoms with E-state index in [1.54, 1.807) is 0 Å². The molecule has 0 saturated carbocycles. The molecule has 0 bridgehead atoms. The Morgan fingerprint density at radius 3 is 2.36 bits per heavy atom. The molecule has 2 aromatic carbocycles. The molecule has 3 aromatic rings. The third kappa shape index (κ3) is 2.59. The van der Waals surface area contributed by atoms with Gasteiger partial charge < -0.3 is 0 Å². The van der Waals surface area contributed by atoms with E-state index in [9.17, 15) is 0 Å². The average Bonchev–Trinajstić information content (AvgIpc) is 2.48. The predicted molar refractivity (Wildman–Crippen MR) is 98.3 cm³/mol. The molecule has 0 radical (unpaired) electrons. The van der Waals surface area contributed by atoms with E-state index in [0.29, 0.717) is 0 Å². The van der Waals surface area contributed by atoms with Crippen LogP contribution in [0.1, 0.15) is 5.56 Å². The van der Waals surface area contributed by atoms with Gasteiger partial charge in [0.25, 0.3) is 0 Å². The zero-order valence-corrected chi connectivity index (χ0v) is 15.1. The average molecular weight is 307 g/mol. The standard InChI is InChI=1S/C20H24NSi/c1-15-18-9-7-6-8-16(18)10-11-19(15)20-14-17(22(3,4)5)12-13-21(20)2/h6-14H,1-5H3/q+1. The molecule has 0 amide bonds. The van der Waals surface area contributed by atoms with Gasteiger partial charge in [-0.05, 0) is 34.5 Å². The Labute approximate surface area is 134 Å². The summed E-state index contributed by atoms with van der Waals surface area (Å²) in [6.45, 7) is 9.44. The summed E-state index contributed by atoms with van der Waals surface area (Å²) in [5, 5.41) is 4.17. The molecule has 0 atom stereocenters. The summed E-state index contributed by atoms with van der Waals surface area (Å²) in [6, 6.07) is 17.8. The van der Waals surface area contributed by atoms with E-state index < -0.39 is 8.07 Å². The number of benzene rings is 2. The number of hydrogen-bond acceptors (Lipinski definition) is 0. The van der Waals surface area contributed by atoms with Crippen LogP contribution in [0.15, 0.2) is 54.7 Å². The van der Waals surface area contributed by atoms with Gasteiger partial charge in [-0.3, -0.25) is 0 Å². The summed E-state index contributed by atoms with van der Waals surface area (Å²) in [4.78, 5) is 0. The van der Waals surface area contributed by atoms with E-state index in [1.807, 2.05) is 0 Å². The zero-order valence-electron chi connectivity index (χ0n) is 14.1. The molecular formula is C20H24NSi+. The van der Waals surface area contributed by atoms with Crippen LogP contribution in [0.2, 0.25) is 19.6 Å². The van der Waals surface area contributed by atoms with Crippen LogP contribution in [0, 0.1) is 6.92 Å². The van der Waals surface area contributed by atoms with Crippen molar-refractivity contribution in [3.8, 4) is 11.3 Å². The molecule has 0 fully saturated rings. The van der Waals surface area contributed by atoms with E-state index in [4.69, 9.17) is 0 Å². The summed E-state index contributed by atoms with van der Waals surface area (Å²) in [7, 11) is 0.832. The number of aryl methyl sites for hydroxylation is 2.